The molecular formula is C18H16Cl2N4OS2. The van der Waals surface area contributed by atoms with E-state index in [1.807, 2.05) is 0 Å². The monoisotopic (exact) mass is 438 g/mol. The smallest absolute Gasteiger partial charge is 0.306 e. The number of hydrogen-bond acceptors (Lipinski definition) is 5. The Balaban J connectivity index is 1.49. The van der Waals surface area contributed by atoms with Crippen molar-refractivity contribution < 1.29 is 4.79 Å². The molecule has 0 bridgehead atoms. The molecule has 3 aromatic rings. The number of amides is 2. The van der Waals surface area contributed by atoms with Gasteiger partial charge in [0.15, 0.2) is 0 Å². The maximum atomic E-state index is 12.1. The molecule has 5 nitrogen and oxygen atoms in total. The molecule has 1 heterocycles. The molecule has 9 heteroatoms. The zero-order chi connectivity index (χ0) is 19.2. The SMILES string of the molecule is Cc1cccc(CSCc2nnc(NC(=O)Nc3ccc(Cl)cc3Cl)s2)c1. The molecule has 0 unspecified atom stereocenters. The lowest BCUT2D eigenvalue weighted by Crippen LogP contribution is -2.19. The van der Waals surface area contributed by atoms with Crippen LogP contribution < -0.4 is 10.6 Å². The molecule has 140 valence electrons. The Kier molecular flexibility index (Phi) is 6.95. The molecule has 0 aliphatic carbocycles. The maximum Gasteiger partial charge on any atom is 0.325 e. The van der Waals surface area contributed by atoms with Gasteiger partial charge in [-0.1, -0.05) is 64.4 Å². The van der Waals surface area contributed by atoms with Crippen LogP contribution in [-0.4, -0.2) is 16.2 Å². The predicted octanol–water partition coefficient (Wildman–Crippen LogP) is 6.23. The summed E-state index contributed by atoms with van der Waals surface area (Å²) in [4.78, 5) is 12.1. The highest BCUT2D eigenvalue weighted by Gasteiger charge is 2.10. The summed E-state index contributed by atoms with van der Waals surface area (Å²) in [6.07, 6.45) is 0. The average Bonchev–Trinajstić information content (AvgIpc) is 3.05. The van der Waals surface area contributed by atoms with Crippen LogP contribution in [-0.2, 0) is 11.5 Å². The molecule has 2 amide bonds. The Morgan fingerprint density at radius 1 is 1.11 bits per heavy atom. The van der Waals surface area contributed by atoms with Gasteiger partial charge in [-0.05, 0) is 30.7 Å². The average molecular weight is 439 g/mol. The van der Waals surface area contributed by atoms with Gasteiger partial charge in [-0.15, -0.1) is 22.0 Å². The summed E-state index contributed by atoms with van der Waals surface area (Å²) in [7, 11) is 0. The highest BCUT2D eigenvalue weighted by Crippen LogP contribution is 2.26. The number of aromatic nitrogens is 2. The number of nitrogens with one attached hydrogen (secondary N) is 2. The third-order valence-corrected chi connectivity index (χ3v) is 6.03. The van der Waals surface area contributed by atoms with Gasteiger partial charge in [-0.3, -0.25) is 5.32 Å². The number of aryl methyl sites for hydroxylation is 1. The van der Waals surface area contributed by atoms with Gasteiger partial charge < -0.3 is 5.32 Å². The Morgan fingerprint density at radius 2 is 1.96 bits per heavy atom. The lowest BCUT2D eigenvalue weighted by molar-refractivity contribution is 0.262. The second-order valence-electron chi connectivity index (χ2n) is 5.69. The van der Waals surface area contributed by atoms with Gasteiger partial charge >= 0.3 is 6.03 Å². The number of benzene rings is 2. The summed E-state index contributed by atoms with van der Waals surface area (Å²) in [5, 5.41) is 15.6. The number of nitrogens with zero attached hydrogens (tertiary/aromatic N) is 2. The molecule has 0 saturated heterocycles. The first kappa shape index (κ1) is 19.9. The first-order valence-electron chi connectivity index (χ1n) is 7.98. The number of thioether (sulfide) groups is 1. The van der Waals surface area contributed by atoms with Crippen LogP contribution in [0.1, 0.15) is 16.1 Å². The third-order valence-electron chi connectivity index (χ3n) is 3.44. The Morgan fingerprint density at radius 3 is 2.74 bits per heavy atom. The van der Waals surface area contributed by atoms with Crippen molar-refractivity contribution in [2.75, 3.05) is 10.6 Å². The zero-order valence-electron chi connectivity index (χ0n) is 14.3. The van der Waals surface area contributed by atoms with Crippen LogP contribution in [0.25, 0.3) is 0 Å². The Labute approximate surface area is 175 Å². The lowest BCUT2D eigenvalue weighted by atomic mass is 10.2. The highest BCUT2D eigenvalue weighted by atomic mass is 35.5. The van der Waals surface area contributed by atoms with Crippen molar-refractivity contribution in [3.05, 3.63) is 68.6 Å². The number of carbonyl (C=O) groups is 1. The van der Waals surface area contributed by atoms with Crippen molar-refractivity contribution in [3.63, 3.8) is 0 Å². The summed E-state index contributed by atoms with van der Waals surface area (Å²) in [5.41, 5.74) is 3.00. The molecule has 0 fully saturated rings. The lowest BCUT2D eigenvalue weighted by Gasteiger charge is -2.07. The van der Waals surface area contributed by atoms with E-state index in [1.54, 1.807) is 30.0 Å². The van der Waals surface area contributed by atoms with Crippen LogP contribution in [0.3, 0.4) is 0 Å². The summed E-state index contributed by atoms with van der Waals surface area (Å²) in [6, 6.07) is 12.8. The number of urea groups is 1. The minimum atomic E-state index is -0.436. The van der Waals surface area contributed by atoms with Crippen LogP contribution in [0.4, 0.5) is 15.6 Å². The van der Waals surface area contributed by atoms with Crippen LogP contribution in [0.2, 0.25) is 10.0 Å². The van der Waals surface area contributed by atoms with E-state index in [1.165, 1.54) is 22.5 Å². The van der Waals surface area contributed by atoms with Gasteiger partial charge in [-0.2, -0.15) is 0 Å². The summed E-state index contributed by atoms with van der Waals surface area (Å²) >= 11 is 15.0. The van der Waals surface area contributed by atoms with Crippen LogP contribution in [0.5, 0.6) is 0 Å². The van der Waals surface area contributed by atoms with E-state index in [-0.39, 0.29) is 0 Å². The number of halogens is 2. The Bertz CT molecular complexity index is 949. The van der Waals surface area contributed by atoms with Crippen LogP contribution in [0, 0.1) is 6.92 Å². The van der Waals surface area contributed by atoms with Gasteiger partial charge in [0.2, 0.25) is 5.13 Å². The standard InChI is InChI=1S/C18H16Cl2N4OS2/c1-11-3-2-4-12(7-11)9-26-10-16-23-24-18(27-16)22-17(25)21-15-6-5-13(19)8-14(15)20/h2-8H,9-10H2,1H3,(H2,21,22,24,25). The quantitative estimate of drug-likeness (QED) is 0.478. The fourth-order valence-corrected chi connectivity index (χ4v) is 4.48. The predicted molar refractivity (Wildman–Crippen MR) is 115 cm³/mol. The fourth-order valence-electron chi connectivity index (χ4n) is 2.26. The molecule has 0 spiro atoms. The zero-order valence-corrected chi connectivity index (χ0v) is 17.5. The van der Waals surface area contributed by atoms with Gasteiger partial charge in [0.25, 0.3) is 0 Å². The second kappa shape index (κ2) is 9.41. The third kappa shape index (κ3) is 6.10. The van der Waals surface area contributed by atoms with Gasteiger partial charge in [0.05, 0.1) is 10.7 Å². The van der Waals surface area contributed by atoms with E-state index in [2.05, 4.69) is 52.0 Å². The molecular weight excluding hydrogens is 423 g/mol. The number of carbonyl (C=O) groups excluding carboxylic acids is 1. The van der Waals surface area contributed by atoms with Crippen LogP contribution >= 0.6 is 46.3 Å². The summed E-state index contributed by atoms with van der Waals surface area (Å²) in [5.74, 6) is 1.64. The van der Waals surface area contributed by atoms with Crippen LogP contribution in [0.15, 0.2) is 42.5 Å². The molecule has 0 aliphatic heterocycles. The van der Waals surface area contributed by atoms with Crippen molar-refractivity contribution >= 4 is 63.2 Å². The second-order valence-corrected chi connectivity index (χ2v) is 8.58. The minimum Gasteiger partial charge on any atom is -0.306 e. The summed E-state index contributed by atoms with van der Waals surface area (Å²) in [6.45, 7) is 2.08. The molecule has 3 rings (SSSR count). The number of anilines is 2. The van der Waals surface area contributed by atoms with Gasteiger partial charge in [-0.25, -0.2) is 4.79 Å². The van der Waals surface area contributed by atoms with Crippen molar-refractivity contribution in [1.82, 2.24) is 10.2 Å². The van der Waals surface area contributed by atoms with E-state index >= 15 is 0 Å². The van der Waals surface area contributed by atoms with E-state index in [0.717, 1.165) is 16.5 Å². The van der Waals surface area contributed by atoms with Gasteiger partial charge in [0, 0.05) is 16.5 Å². The molecule has 0 radical (unpaired) electrons. The van der Waals surface area contributed by atoms with Crippen molar-refractivity contribution in [1.29, 1.82) is 0 Å². The fraction of sp³-hybridized carbons (Fsp3) is 0.167. The van der Waals surface area contributed by atoms with E-state index in [0.29, 0.717) is 20.9 Å². The molecule has 0 atom stereocenters. The van der Waals surface area contributed by atoms with Crippen molar-refractivity contribution in [3.8, 4) is 0 Å². The maximum absolute atomic E-state index is 12.1. The number of rotatable bonds is 6. The highest BCUT2D eigenvalue weighted by molar-refractivity contribution is 7.97. The molecule has 2 N–H and O–H groups in total. The molecule has 27 heavy (non-hydrogen) atoms. The summed E-state index contributed by atoms with van der Waals surface area (Å²) < 4.78 is 0. The Hall–Kier alpha value is -1.80. The molecule has 0 aliphatic rings. The topological polar surface area (TPSA) is 66.9 Å². The van der Waals surface area contributed by atoms with Crippen molar-refractivity contribution in [2.24, 2.45) is 0 Å². The van der Waals surface area contributed by atoms with Crippen molar-refractivity contribution in [2.45, 2.75) is 18.4 Å². The molecule has 0 saturated carbocycles. The largest absolute Gasteiger partial charge is 0.325 e. The van der Waals surface area contributed by atoms with Gasteiger partial charge in [0.1, 0.15) is 5.01 Å². The van der Waals surface area contributed by atoms with E-state index in [9.17, 15) is 4.79 Å². The molecule has 1 aromatic heterocycles. The first-order chi connectivity index (χ1) is 13.0. The number of hydrogen-bond donors (Lipinski definition) is 2. The first-order valence-corrected chi connectivity index (χ1v) is 10.7. The molecule has 2 aromatic carbocycles. The minimum absolute atomic E-state index is 0.364. The van der Waals surface area contributed by atoms with E-state index in [4.69, 9.17) is 23.2 Å². The normalized spacial score (nSPS) is 10.6. The van der Waals surface area contributed by atoms with E-state index < -0.39 is 6.03 Å².